The first-order chi connectivity index (χ1) is 7.16. The van der Waals surface area contributed by atoms with Crippen LogP contribution < -0.4 is 0 Å². The lowest BCUT2D eigenvalue weighted by Crippen LogP contribution is -2.38. The first kappa shape index (κ1) is 10.9. The molecule has 0 saturated heterocycles. The fourth-order valence-electron chi connectivity index (χ4n) is 2.21. The molecule has 0 N–H and O–H groups in total. The summed E-state index contributed by atoms with van der Waals surface area (Å²) < 4.78 is 0. The van der Waals surface area contributed by atoms with E-state index in [-0.39, 0.29) is 0 Å². The molecule has 2 heteroatoms. The van der Waals surface area contributed by atoms with Gasteiger partial charge in [0.15, 0.2) is 0 Å². The minimum Gasteiger partial charge on any atom is -0.299 e. The fourth-order valence-corrected chi connectivity index (χ4v) is 2.99. The predicted molar refractivity (Wildman–Crippen MR) is 67.4 cm³/mol. The minimum atomic E-state index is 0.701. The van der Waals surface area contributed by atoms with Gasteiger partial charge in [0.25, 0.3) is 0 Å². The minimum absolute atomic E-state index is 0.701. The molecule has 1 aromatic rings. The van der Waals surface area contributed by atoms with Crippen molar-refractivity contribution in [2.75, 3.05) is 13.6 Å². The Morgan fingerprint density at radius 3 is 2.87 bits per heavy atom. The highest BCUT2D eigenvalue weighted by Gasteiger charge is 2.21. The van der Waals surface area contributed by atoms with E-state index in [1.54, 1.807) is 11.1 Å². The van der Waals surface area contributed by atoms with Crippen molar-refractivity contribution in [2.45, 2.75) is 32.7 Å². The maximum absolute atomic E-state index is 2.49. The molecule has 0 saturated carbocycles. The Morgan fingerprint density at radius 1 is 1.40 bits per heavy atom. The molecular formula is C13H19NS. The Kier molecular flexibility index (Phi) is 3.27. The standard InChI is InChI=1S/C13H19NS/c1-10-7-12(14(3)9-11(10)2)8-13-5-4-6-15-13/h4-6,12H,7-9H2,1-3H3. The summed E-state index contributed by atoms with van der Waals surface area (Å²) in [5.74, 6) is 0. The van der Waals surface area contributed by atoms with E-state index in [0.717, 1.165) is 6.54 Å². The summed E-state index contributed by atoms with van der Waals surface area (Å²) in [7, 11) is 2.24. The molecule has 15 heavy (non-hydrogen) atoms. The van der Waals surface area contributed by atoms with Gasteiger partial charge >= 0.3 is 0 Å². The van der Waals surface area contributed by atoms with E-state index < -0.39 is 0 Å². The second kappa shape index (κ2) is 4.50. The molecule has 1 unspecified atom stereocenters. The molecule has 0 aromatic carbocycles. The summed E-state index contributed by atoms with van der Waals surface area (Å²) in [5, 5.41) is 2.17. The quantitative estimate of drug-likeness (QED) is 0.692. The Hall–Kier alpha value is -0.600. The van der Waals surface area contributed by atoms with E-state index in [1.807, 2.05) is 11.3 Å². The zero-order valence-corrected chi connectivity index (χ0v) is 10.6. The summed E-state index contributed by atoms with van der Waals surface area (Å²) in [6.45, 7) is 5.68. The lowest BCUT2D eigenvalue weighted by atomic mass is 9.94. The van der Waals surface area contributed by atoms with Crippen LogP contribution >= 0.6 is 11.3 Å². The van der Waals surface area contributed by atoms with Crippen LogP contribution in [0.3, 0.4) is 0 Å². The van der Waals surface area contributed by atoms with E-state index in [0.29, 0.717) is 6.04 Å². The van der Waals surface area contributed by atoms with Crippen molar-refractivity contribution in [3.63, 3.8) is 0 Å². The first-order valence-corrected chi connectivity index (χ1v) is 6.42. The maximum atomic E-state index is 2.49. The van der Waals surface area contributed by atoms with E-state index in [1.165, 1.54) is 17.7 Å². The van der Waals surface area contributed by atoms with Gasteiger partial charge in [-0.1, -0.05) is 17.2 Å². The topological polar surface area (TPSA) is 3.24 Å². The van der Waals surface area contributed by atoms with Gasteiger partial charge in [-0.3, -0.25) is 4.90 Å². The molecule has 1 aliphatic rings. The van der Waals surface area contributed by atoms with Crippen molar-refractivity contribution in [1.82, 2.24) is 4.90 Å². The Balaban J connectivity index is 2.05. The van der Waals surface area contributed by atoms with Gasteiger partial charge in [-0.2, -0.15) is 0 Å². The molecule has 1 aliphatic heterocycles. The van der Waals surface area contributed by atoms with Crippen LogP contribution in [-0.4, -0.2) is 24.5 Å². The average molecular weight is 221 g/mol. The maximum Gasteiger partial charge on any atom is 0.0192 e. The third-order valence-electron chi connectivity index (χ3n) is 3.40. The Morgan fingerprint density at radius 2 is 2.20 bits per heavy atom. The fraction of sp³-hybridized carbons (Fsp3) is 0.538. The lowest BCUT2D eigenvalue weighted by molar-refractivity contribution is 0.242. The highest BCUT2D eigenvalue weighted by molar-refractivity contribution is 7.09. The number of thiophene rings is 1. The van der Waals surface area contributed by atoms with Gasteiger partial charge in [-0.05, 0) is 45.2 Å². The van der Waals surface area contributed by atoms with Gasteiger partial charge in [-0.25, -0.2) is 0 Å². The highest BCUT2D eigenvalue weighted by Crippen LogP contribution is 2.25. The SMILES string of the molecule is CC1=C(C)CN(C)C(Cc2cccs2)C1. The van der Waals surface area contributed by atoms with Crippen LogP contribution in [0.4, 0.5) is 0 Å². The molecule has 1 atom stereocenters. The molecule has 2 rings (SSSR count). The van der Waals surface area contributed by atoms with E-state index in [2.05, 4.69) is 43.3 Å². The molecule has 1 nitrogen and oxygen atoms in total. The van der Waals surface area contributed by atoms with Crippen LogP contribution in [0.25, 0.3) is 0 Å². The summed E-state index contributed by atoms with van der Waals surface area (Å²) in [6.07, 6.45) is 2.44. The zero-order chi connectivity index (χ0) is 10.8. The third kappa shape index (κ3) is 2.50. The number of rotatable bonds is 2. The van der Waals surface area contributed by atoms with Crippen LogP contribution in [0, 0.1) is 0 Å². The van der Waals surface area contributed by atoms with Crippen molar-refractivity contribution in [3.05, 3.63) is 33.5 Å². The second-order valence-electron chi connectivity index (χ2n) is 4.62. The largest absolute Gasteiger partial charge is 0.299 e. The third-order valence-corrected chi connectivity index (χ3v) is 4.30. The monoisotopic (exact) mass is 221 g/mol. The lowest BCUT2D eigenvalue weighted by Gasteiger charge is -2.33. The van der Waals surface area contributed by atoms with Crippen molar-refractivity contribution in [1.29, 1.82) is 0 Å². The molecule has 0 bridgehead atoms. The van der Waals surface area contributed by atoms with Crippen molar-refractivity contribution < 1.29 is 0 Å². The zero-order valence-electron chi connectivity index (χ0n) is 9.79. The number of hydrogen-bond acceptors (Lipinski definition) is 2. The van der Waals surface area contributed by atoms with Crippen LogP contribution in [0.1, 0.15) is 25.1 Å². The molecule has 0 amide bonds. The van der Waals surface area contributed by atoms with Gasteiger partial charge in [0, 0.05) is 17.5 Å². The van der Waals surface area contributed by atoms with Crippen molar-refractivity contribution in [2.24, 2.45) is 0 Å². The number of hydrogen-bond donors (Lipinski definition) is 0. The predicted octanol–water partition coefficient (Wildman–Crippen LogP) is 3.33. The Bertz CT molecular complexity index is 351. The highest BCUT2D eigenvalue weighted by atomic mass is 32.1. The molecule has 0 aliphatic carbocycles. The summed E-state index contributed by atoms with van der Waals surface area (Å²) >= 11 is 1.88. The van der Waals surface area contributed by atoms with Crippen LogP contribution in [0.2, 0.25) is 0 Å². The average Bonchev–Trinajstić information content (AvgIpc) is 2.67. The van der Waals surface area contributed by atoms with Gasteiger partial charge < -0.3 is 0 Å². The van der Waals surface area contributed by atoms with Gasteiger partial charge in [0.05, 0.1) is 0 Å². The van der Waals surface area contributed by atoms with E-state index in [4.69, 9.17) is 0 Å². The molecule has 82 valence electrons. The second-order valence-corrected chi connectivity index (χ2v) is 5.65. The van der Waals surface area contributed by atoms with Crippen molar-refractivity contribution >= 4 is 11.3 Å². The summed E-state index contributed by atoms with van der Waals surface area (Å²) in [6, 6.07) is 5.10. The summed E-state index contributed by atoms with van der Waals surface area (Å²) in [5.41, 5.74) is 3.15. The molecule has 0 fully saturated rings. The molecule has 1 aromatic heterocycles. The normalized spacial score (nSPS) is 23.5. The molecule has 2 heterocycles. The van der Waals surface area contributed by atoms with E-state index >= 15 is 0 Å². The Labute approximate surface area is 96.4 Å². The van der Waals surface area contributed by atoms with Crippen LogP contribution in [0.15, 0.2) is 28.7 Å². The van der Waals surface area contributed by atoms with Crippen LogP contribution in [0.5, 0.6) is 0 Å². The summed E-state index contributed by atoms with van der Waals surface area (Å²) in [4.78, 5) is 4.00. The van der Waals surface area contributed by atoms with Gasteiger partial charge in [-0.15, -0.1) is 11.3 Å². The van der Waals surface area contributed by atoms with Gasteiger partial charge in [0.1, 0.15) is 0 Å². The van der Waals surface area contributed by atoms with Gasteiger partial charge in [0.2, 0.25) is 0 Å². The van der Waals surface area contributed by atoms with Crippen LogP contribution in [-0.2, 0) is 6.42 Å². The molecule has 0 spiro atoms. The molecular weight excluding hydrogens is 202 g/mol. The van der Waals surface area contributed by atoms with Crippen molar-refractivity contribution in [3.8, 4) is 0 Å². The number of likely N-dealkylation sites (N-methyl/N-ethyl adjacent to an activating group) is 1. The molecule has 0 radical (unpaired) electrons. The first-order valence-electron chi connectivity index (χ1n) is 5.54. The smallest absolute Gasteiger partial charge is 0.0192 e. The number of nitrogens with zero attached hydrogens (tertiary/aromatic N) is 1. The van der Waals surface area contributed by atoms with E-state index in [9.17, 15) is 0 Å².